The SMILES string of the molecule is COc1ccc(OCC(=O)N2CCCSC2=Nc2ccccc2C)cc1. The lowest BCUT2D eigenvalue weighted by Gasteiger charge is -2.27. The normalized spacial score (nSPS) is 15.8. The summed E-state index contributed by atoms with van der Waals surface area (Å²) < 4.78 is 10.8. The summed E-state index contributed by atoms with van der Waals surface area (Å²) in [5.41, 5.74) is 1.99. The molecule has 0 spiro atoms. The second kappa shape index (κ2) is 8.76. The molecule has 1 aliphatic rings. The van der Waals surface area contributed by atoms with E-state index in [1.165, 1.54) is 0 Å². The number of amidine groups is 1. The fourth-order valence-corrected chi connectivity index (χ4v) is 3.54. The quantitative estimate of drug-likeness (QED) is 0.797. The Bertz CT molecular complexity index is 790. The van der Waals surface area contributed by atoms with Gasteiger partial charge in [0.25, 0.3) is 5.91 Å². The number of amides is 1. The molecule has 0 N–H and O–H groups in total. The molecule has 2 aromatic carbocycles. The maximum absolute atomic E-state index is 12.7. The number of carbonyl (C=O) groups is 1. The molecular weight excluding hydrogens is 348 g/mol. The van der Waals surface area contributed by atoms with Crippen LogP contribution in [-0.2, 0) is 4.79 Å². The first-order valence-corrected chi connectivity index (χ1v) is 9.50. The summed E-state index contributed by atoms with van der Waals surface area (Å²) in [5, 5.41) is 0.744. The van der Waals surface area contributed by atoms with Crippen LogP contribution in [0.5, 0.6) is 11.5 Å². The number of benzene rings is 2. The Balaban J connectivity index is 1.68. The highest BCUT2D eigenvalue weighted by molar-refractivity contribution is 8.13. The Morgan fingerprint density at radius 1 is 1.15 bits per heavy atom. The van der Waals surface area contributed by atoms with E-state index < -0.39 is 0 Å². The number of nitrogens with zero attached hydrogens (tertiary/aromatic N) is 2. The van der Waals surface area contributed by atoms with Crippen LogP contribution in [0, 0.1) is 6.92 Å². The zero-order valence-electron chi connectivity index (χ0n) is 15.0. The molecule has 3 rings (SSSR count). The molecule has 0 bridgehead atoms. The molecule has 1 saturated heterocycles. The molecule has 1 amide bonds. The van der Waals surface area contributed by atoms with Crippen LogP contribution < -0.4 is 9.47 Å². The van der Waals surface area contributed by atoms with Crippen LogP contribution in [-0.4, -0.2) is 42.0 Å². The molecule has 6 heteroatoms. The molecule has 1 aliphatic heterocycles. The van der Waals surface area contributed by atoms with Crippen molar-refractivity contribution in [3.05, 3.63) is 54.1 Å². The Morgan fingerprint density at radius 2 is 1.88 bits per heavy atom. The highest BCUT2D eigenvalue weighted by Gasteiger charge is 2.24. The van der Waals surface area contributed by atoms with Gasteiger partial charge in [-0.15, -0.1) is 0 Å². The van der Waals surface area contributed by atoms with Gasteiger partial charge in [-0.3, -0.25) is 9.69 Å². The molecule has 0 unspecified atom stereocenters. The molecule has 1 fully saturated rings. The lowest BCUT2D eigenvalue weighted by Crippen LogP contribution is -2.41. The van der Waals surface area contributed by atoms with E-state index in [0.717, 1.165) is 34.3 Å². The van der Waals surface area contributed by atoms with Gasteiger partial charge in [0.2, 0.25) is 0 Å². The molecule has 0 aliphatic carbocycles. The molecule has 26 heavy (non-hydrogen) atoms. The maximum atomic E-state index is 12.7. The third-order valence-corrected chi connectivity index (χ3v) is 5.11. The van der Waals surface area contributed by atoms with Gasteiger partial charge in [0.1, 0.15) is 11.5 Å². The van der Waals surface area contributed by atoms with E-state index in [-0.39, 0.29) is 12.5 Å². The average molecular weight is 370 g/mol. The maximum Gasteiger partial charge on any atom is 0.266 e. The number of hydrogen-bond donors (Lipinski definition) is 0. The minimum atomic E-state index is -0.0830. The van der Waals surface area contributed by atoms with Gasteiger partial charge in [-0.2, -0.15) is 0 Å². The summed E-state index contributed by atoms with van der Waals surface area (Å²) in [5.74, 6) is 2.28. The number of rotatable bonds is 5. The second-order valence-electron chi connectivity index (χ2n) is 5.89. The summed E-state index contributed by atoms with van der Waals surface area (Å²) >= 11 is 1.61. The van der Waals surface area contributed by atoms with Crippen molar-refractivity contribution in [2.45, 2.75) is 13.3 Å². The van der Waals surface area contributed by atoms with E-state index in [0.29, 0.717) is 12.3 Å². The minimum Gasteiger partial charge on any atom is -0.497 e. The van der Waals surface area contributed by atoms with Crippen molar-refractivity contribution >= 4 is 28.5 Å². The van der Waals surface area contributed by atoms with Crippen molar-refractivity contribution in [1.82, 2.24) is 4.90 Å². The van der Waals surface area contributed by atoms with Gasteiger partial charge < -0.3 is 9.47 Å². The van der Waals surface area contributed by atoms with Crippen molar-refractivity contribution in [2.24, 2.45) is 4.99 Å². The largest absolute Gasteiger partial charge is 0.497 e. The number of thioether (sulfide) groups is 1. The molecule has 0 radical (unpaired) electrons. The van der Waals surface area contributed by atoms with Crippen LogP contribution in [0.3, 0.4) is 0 Å². The zero-order valence-corrected chi connectivity index (χ0v) is 15.8. The van der Waals surface area contributed by atoms with Gasteiger partial charge >= 0.3 is 0 Å². The van der Waals surface area contributed by atoms with Gasteiger partial charge in [0.15, 0.2) is 11.8 Å². The molecule has 136 valence electrons. The first-order valence-electron chi connectivity index (χ1n) is 8.52. The van der Waals surface area contributed by atoms with Crippen molar-refractivity contribution in [1.29, 1.82) is 0 Å². The lowest BCUT2D eigenvalue weighted by atomic mass is 10.2. The van der Waals surface area contributed by atoms with Gasteiger partial charge in [0.05, 0.1) is 12.8 Å². The van der Waals surface area contributed by atoms with Crippen molar-refractivity contribution in [2.75, 3.05) is 26.0 Å². The molecule has 2 aromatic rings. The number of aliphatic imine (C=N–C) groups is 1. The highest BCUT2D eigenvalue weighted by atomic mass is 32.2. The Labute approximate surface area is 158 Å². The van der Waals surface area contributed by atoms with Crippen molar-refractivity contribution < 1.29 is 14.3 Å². The van der Waals surface area contributed by atoms with Gasteiger partial charge in [0, 0.05) is 12.3 Å². The fourth-order valence-electron chi connectivity index (χ4n) is 2.57. The molecule has 0 atom stereocenters. The van der Waals surface area contributed by atoms with E-state index in [1.54, 1.807) is 35.9 Å². The lowest BCUT2D eigenvalue weighted by molar-refractivity contribution is -0.129. The number of para-hydroxylation sites is 1. The standard InChI is InChI=1S/C20H22N2O3S/c1-15-6-3-4-7-18(15)21-20-22(12-5-13-26-20)19(23)14-25-17-10-8-16(24-2)9-11-17/h3-4,6-11H,5,12-14H2,1-2H3. The van der Waals surface area contributed by atoms with Crippen LogP contribution in [0.15, 0.2) is 53.5 Å². The minimum absolute atomic E-state index is 0.0142. The van der Waals surface area contributed by atoms with E-state index in [4.69, 9.17) is 14.5 Å². The smallest absolute Gasteiger partial charge is 0.266 e. The third-order valence-electron chi connectivity index (χ3n) is 4.04. The first-order chi connectivity index (χ1) is 12.7. The Morgan fingerprint density at radius 3 is 2.62 bits per heavy atom. The molecule has 0 aromatic heterocycles. The van der Waals surface area contributed by atoms with Crippen LogP contribution in [0.25, 0.3) is 0 Å². The van der Waals surface area contributed by atoms with Crippen LogP contribution in [0.1, 0.15) is 12.0 Å². The molecular formula is C20H22N2O3S. The number of methoxy groups -OCH3 is 1. The van der Waals surface area contributed by atoms with E-state index in [2.05, 4.69) is 0 Å². The number of ether oxygens (including phenoxy) is 2. The van der Waals surface area contributed by atoms with Crippen molar-refractivity contribution in [3.8, 4) is 11.5 Å². The topological polar surface area (TPSA) is 51.1 Å². The van der Waals surface area contributed by atoms with Gasteiger partial charge in [-0.05, 0) is 49.2 Å². The zero-order chi connectivity index (χ0) is 18.4. The fraction of sp³-hybridized carbons (Fsp3) is 0.300. The Hall–Kier alpha value is -2.47. The summed E-state index contributed by atoms with van der Waals surface area (Å²) in [7, 11) is 1.61. The summed E-state index contributed by atoms with van der Waals surface area (Å²) in [6.45, 7) is 2.67. The number of carbonyl (C=O) groups excluding carboxylic acids is 1. The number of aryl methyl sites for hydroxylation is 1. The Kier molecular flexibility index (Phi) is 6.17. The monoisotopic (exact) mass is 370 g/mol. The average Bonchev–Trinajstić information content (AvgIpc) is 2.68. The van der Waals surface area contributed by atoms with Crippen LogP contribution >= 0.6 is 11.8 Å². The summed E-state index contributed by atoms with van der Waals surface area (Å²) in [6, 6.07) is 15.1. The predicted molar refractivity (Wildman–Crippen MR) is 106 cm³/mol. The van der Waals surface area contributed by atoms with Crippen LogP contribution in [0.2, 0.25) is 0 Å². The second-order valence-corrected chi connectivity index (χ2v) is 6.95. The van der Waals surface area contributed by atoms with Crippen molar-refractivity contribution in [3.63, 3.8) is 0 Å². The predicted octanol–water partition coefficient (Wildman–Crippen LogP) is 4.04. The molecule has 5 nitrogen and oxygen atoms in total. The van der Waals surface area contributed by atoms with Crippen LogP contribution in [0.4, 0.5) is 5.69 Å². The van der Waals surface area contributed by atoms with E-state index in [1.807, 2.05) is 43.3 Å². The number of hydrogen-bond acceptors (Lipinski definition) is 5. The summed E-state index contributed by atoms with van der Waals surface area (Å²) in [4.78, 5) is 19.1. The molecule has 0 saturated carbocycles. The third kappa shape index (κ3) is 4.58. The molecule has 1 heterocycles. The van der Waals surface area contributed by atoms with Gasteiger partial charge in [-0.1, -0.05) is 30.0 Å². The summed E-state index contributed by atoms with van der Waals surface area (Å²) in [6.07, 6.45) is 0.950. The first kappa shape index (κ1) is 18.3. The van der Waals surface area contributed by atoms with Gasteiger partial charge in [-0.25, -0.2) is 4.99 Å². The highest BCUT2D eigenvalue weighted by Crippen LogP contribution is 2.25. The van der Waals surface area contributed by atoms with E-state index in [9.17, 15) is 4.79 Å². The van der Waals surface area contributed by atoms with E-state index >= 15 is 0 Å².